The molecule has 20 heavy (non-hydrogen) atoms. The Morgan fingerprint density at radius 2 is 2.10 bits per heavy atom. The zero-order valence-corrected chi connectivity index (χ0v) is 12.3. The van der Waals surface area contributed by atoms with Crippen LogP contribution in [0.25, 0.3) is 5.65 Å². The molecule has 0 atom stereocenters. The lowest BCUT2D eigenvalue weighted by molar-refractivity contribution is 0.0949. The number of carbonyl (C=O) groups excluding carboxylic acids is 1. The van der Waals surface area contributed by atoms with E-state index in [4.69, 9.17) is 0 Å². The van der Waals surface area contributed by atoms with Crippen molar-refractivity contribution in [2.45, 2.75) is 20.8 Å². The van der Waals surface area contributed by atoms with Crippen LogP contribution >= 0.6 is 0 Å². The van der Waals surface area contributed by atoms with Gasteiger partial charge in [0.2, 0.25) is 0 Å². The van der Waals surface area contributed by atoms with E-state index in [1.807, 2.05) is 17.5 Å². The van der Waals surface area contributed by atoms with Gasteiger partial charge < -0.3 is 10.2 Å². The highest BCUT2D eigenvalue weighted by molar-refractivity contribution is 5.94. The molecular formula is C14H21N5O. The third-order valence-corrected chi connectivity index (χ3v) is 3.45. The monoisotopic (exact) mass is 275 g/mol. The molecule has 6 nitrogen and oxygen atoms in total. The lowest BCUT2D eigenvalue weighted by Crippen LogP contribution is -2.34. The molecule has 6 heteroatoms. The van der Waals surface area contributed by atoms with Gasteiger partial charge in [0.1, 0.15) is 5.82 Å². The van der Waals surface area contributed by atoms with E-state index in [2.05, 4.69) is 34.3 Å². The fraction of sp³-hybridized carbons (Fsp3) is 0.500. The second-order valence-electron chi connectivity index (χ2n) is 4.67. The molecule has 1 N–H and O–H groups in total. The van der Waals surface area contributed by atoms with Crippen LogP contribution < -0.4 is 5.32 Å². The summed E-state index contributed by atoms with van der Waals surface area (Å²) in [6, 6.07) is 3.54. The van der Waals surface area contributed by atoms with Gasteiger partial charge in [-0.2, -0.15) is 0 Å². The molecule has 2 aromatic heterocycles. The molecule has 0 fully saturated rings. The average molecular weight is 275 g/mol. The first-order valence-electron chi connectivity index (χ1n) is 6.97. The van der Waals surface area contributed by atoms with E-state index in [0.29, 0.717) is 17.8 Å². The SMILES string of the molecule is CCN(CC)CCNC(=O)c1ccn2c(C)nnc2c1. The van der Waals surface area contributed by atoms with Gasteiger partial charge in [0.05, 0.1) is 0 Å². The average Bonchev–Trinajstić information content (AvgIpc) is 2.84. The Hall–Kier alpha value is -1.95. The number of hydrogen-bond donors (Lipinski definition) is 1. The zero-order chi connectivity index (χ0) is 14.5. The van der Waals surface area contributed by atoms with Gasteiger partial charge in [-0.3, -0.25) is 9.20 Å². The van der Waals surface area contributed by atoms with Crippen LogP contribution in [-0.2, 0) is 0 Å². The van der Waals surface area contributed by atoms with E-state index in [1.54, 1.807) is 12.1 Å². The Bertz CT molecular complexity index is 588. The van der Waals surface area contributed by atoms with Crippen molar-refractivity contribution in [1.82, 2.24) is 24.8 Å². The lowest BCUT2D eigenvalue weighted by atomic mass is 10.2. The maximum absolute atomic E-state index is 12.1. The summed E-state index contributed by atoms with van der Waals surface area (Å²) in [4.78, 5) is 14.3. The van der Waals surface area contributed by atoms with Gasteiger partial charge in [-0.15, -0.1) is 10.2 Å². The molecule has 0 bridgehead atoms. The van der Waals surface area contributed by atoms with Gasteiger partial charge in [0.15, 0.2) is 5.65 Å². The van der Waals surface area contributed by atoms with Crippen LogP contribution in [0.4, 0.5) is 0 Å². The Balaban J connectivity index is 1.97. The maximum Gasteiger partial charge on any atom is 0.251 e. The first-order valence-corrected chi connectivity index (χ1v) is 6.97. The number of nitrogens with zero attached hydrogens (tertiary/aromatic N) is 4. The Labute approximate surface area is 118 Å². The van der Waals surface area contributed by atoms with Crippen molar-refractivity contribution in [3.05, 3.63) is 29.7 Å². The Kier molecular flexibility index (Phi) is 4.68. The summed E-state index contributed by atoms with van der Waals surface area (Å²) < 4.78 is 1.85. The zero-order valence-electron chi connectivity index (χ0n) is 12.3. The summed E-state index contributed by atoms with van der Waals surface area (Å²) in [5.74, 6) is 0.744. The second kappa shape index (κ2) is 6.47. The van der Waals surface area contributed by atoms with Gasteiger partial charge in [0, 0.05) is 24.8 Å². The largest absolute Gasteiger partial charge is 0.351 e. The van der Waals surface area contributed by atoms with Gasteiger partial charge in [-0.25, -0.2) is 0 Å². The molecule has 0 aliphatic heterocycles. The van der Waals surface area contributed by atoms with Crippen molar-refractivity contribution in [1.29, 1.82) is 0 Å². The number of nitrogens with one attached hydrogen (secondary N) is 1. The number of hydrogen-bond acceptors (Lipinski definition) is 4. The fourth-order valence-electron chi connectivity index (χ4n) is 2.12. The minimum Gasteiger partial charge on any atom is -0.351 e. The predicted molar refractivity (Wildman–Crippen MR) is 77.8 cm³/mol. The standard InChI is InChI=1S/C14H21N5O/c1-4-18(5-2)9-7-15-14(20)12-6-8-19-11(3)16-17-13(19)10-12/h6,8,10H,4-5,7,9H2,1-3H3,(H,15,20). The molecule has 0 unspecified atom stereocenters. The number of pyridine rings is 1. The molecule has 0 saturated carbocycles. The molecule has 0 radical (unpaired) electrons. The fourth-order valence-corrected chi connectivity index (χ4v) is 2.12. The Morgan fingerprint density at radius 1 is 1.35 bits per heavy atom. The van der Waals surface area contributed by atoms with Crippen molar-refractivity contribution in [2.24, 2.45) is 0 Å². The van der Waals surface area contributed by atoms with Gasteiger partial charge >= 0.3 is 0 Å². The second-order valence-corrected chi connectivity index (χ2v) is 4.67. The van der Waals surface area contributed by atoms with Crippen LogP contribution in [0.1, 0.15) is 30.0 Å². The van der Waals surface area contributed by atoms with Gasteiger partial charge in [-0.05, 0) is 32.1 Å². The first-order chi connectivity index (χ1) is 9.65. The van der Waals surface area contributed by atoms with Crippen LogP contribution in [0.2, 0.25) is 0 Å². The molecule has 2 rings (SSSR count). The summed E-state index contributed by atoms with van der Waals surface area (Å²) in [6.45, 7) is 9.63. The van der Waals surface area contributed by atoms with Crippen molar-refractivity contribution in [3.8, 4) is 0 Å². The van der Waals surface area contributed by atoms with Crippen LogP contribution in [0.3, 0.4) is 0 Å². The quantitative estimate of drug-likeness (QED) is 0.858. The van der Waals surface area contributed by atoms with E-state index in [9.17, 15) is 4.79 Å². The summed E-state index contributed by atoms with van der Waals surface area (Å²) in [5, 5.41) is 10.9. The highest BCUT2D eigenvalue weighted by Gasteiger charge is 2.08. The van der Waals surface area contributed by atoms with E-state index in [-0.39, 0.29) is 5.91 Å². The third-order valence-electron chi connectivity index (χ3n) is 3.45. The van der Waals surface area contributed by atoms with E-state index < -0.39 is 0 Å². The molecule has 108 valence electrons. The van der Waals surface area contributed by atoms with Gasteiger partial charge in [0.25, 0.3) is 5.91 Å². The van der Waals surface area contributed by atoms with Crippen molar-refractivity contribution in [2.75, 3.05) is 26.2 Å². The van der Waals surface area contributed by atoms with Crippen LogP contribution in [0.5, 0.6) is 0 Å². The summed E-state index contributed by atoms with van der Waals surface area (Å²) >= 11 is 0. The molecule has 0 aliphatic rings. The van der Waals surface area contributed by atoms with E-state index in [0.717, 1.165) is 25.5 Å². The topological polar surface area (TPSA) is 62.5 Å². The third kappa shape index (κ3) is 3.14. The number of aromatic nitrogens is 3. The molecule has 2 heterocycles. The van der Waals surface area contributed by atoms with Gasteiger partial charge in [-0.1, -0.05) is 13.8 Å². The van der Waals surface area contributed by atoms with Crippen molar-refractivity contribution < 1.29 is 4.79 Å². The molecular weight excluding hydrogens is 254 g/mol. The number of aryl methyl sites for hydroxylation is 1. The van der Waals surface area contributed by atoms with Crippen LogP contribution in [0, 0.1) is 6.92 Å². The summed E-state index contributed by atoms with van der Waals surface area (Å²) in [5.41, 5.74) is 1.31. The highest BCUT2D eigenvalue weighted by Crippen LogP contribution is 2.06. The smallest absolute Gasteiger partial charge is 0.251 e. The lowest BCUT2D eigenvalue weighted by Gasteiger charge is -2.17. The maximum atomic E-state index is 12.1. The van der Waals surface area contributed by atoms with Crippen LogP contribution in [0.15, 0.2) is 18.3 Å². The molecule has 1 amide bonds. The molecule has 2 aromatic rings. The van der Waals surface area contributed by atoms with Crippen LogP contribution in [-0.4, -0.2) is 51.6 Å². The van der Waals surface area contributed by atoms with Crippen molar-refractivity contribution >= 4 is 11.6 Å². The summed E-state index contributed by atoms with van der Waals surface area (Å²) in [6.07, 6.45) is 1.82. The minimum atomic E-state index is -0.0692. The first kappa shape index (κ1) is 14.5. The summed E-state index contributed by atoms with van der Waals surface area (Å²) in [7, 11) is 0. The number of rotatable bonds is 6. The molecule has 0 aromatic carbocycles. The number of amides is 1. The van der Waals surface area contributed by atoms with Crippen molar-refractivity contribution in [3.63, 3.8) is 0 Å². The number of likely N-dealkylation sites (N-methyl/N-ethyl adjacent to an activating group) is 1. The number of carbonyl (C=O) groups is 1. The van der Waals surface area contributed by atoms with E-state index >= 15 is 0 Å². The highest BCUT2D eigenvalue weighted by atomic mass is 16.1. The molecule has 0 spiro atoms. The normalized spacial score (nSPS) is 11.2. The van der Waals surface area contributed by atoms with E-state index in [1.165, 1.54) is 0 Å². The number of fused-ring (bicyclic) bond motifs is 1. The molecule has 0 saturated heterocycles. The predicted octanol–water partition coefficient (Wildman–Crippen LogP) is 1.11. The Morgan fingerprint density at radius 3 is 2.80 bits per heavy atom. The molecule has 0 aliphatic carbocycles. The minimum absolute atomic E-state index is 0.0692.